The van der Waals surface area contributed by atoms with Gasteiger partial charge in [-0.3, -0.25) is 0 Å². The third-order valence-electron chi connectivity index (χ3n) is 3.85. The Morgan fingerprint density at radius 1 is 1.29 bits per heavy atom. The average molecular weight is 405 g/mol. The minimum atomic E-state index is -0.407. The van der Waals surface area contributed by atoms with Gasteiger partial charge >= 0.3 is 0 Å². The quantitative estimate of drug-likeness (QED) is 0.738. The van der Waals surface area contributed by atoms with Crippen molar-refractivity contribution < 1.29 is 9.47 Å². The summed E-state index contributed by atoms with van der Waals surface area (Å²) in [7, 11) is 1.75. The van der Waals surface area contributed by atoms with E-state index in [4.69, 9.17) is 19.4 Å². The minimum absolute atomic E-state index is 0.407. The van der Waals surface area contributed by atoms with E-state index in [1.165, 1.54) is 0 Å². The molecule has 0 radical (unpaired) electrons. The third-order valence-corrected chi connectivity index (χ3v) is 4.98. The molecular weight excluding hydrogens is 381 g/mol. The summed E-state index contributed by atoms with van der Waals surface area (Å²) in [6.45, 7) is 6.50. The Balaban J connectivity index is 2.45. The third kappa shape index (κ3) is 3.65. The van der Waals surface area contributed by atoms with Crippen LogP contribution in [-0.4, -0.2) is 36.8 Å². The van der Waals surface area contributed by atoms with Crippen LogP contribution in [-0.2, 0) is 21.5 Å². The van der Waals surface area contributed by atoms with Crippen molar-refractivity contribution in [2.75, 3.05) is 32.2 Å². The molecular formula is C15H24IN3O2. The molecule has 0 aromatic carbocycles. The summed E-state index contributed by atoms with van der Waals surface area (Å²) in [5.41, 5.74) is 0.705. The fourth-order valence-electron chi connectivity index (χ4n) is 2.60. The van der Waals surface area contributed by atoms with Gasteiger partial charge in [-0.1, -0.05) is 13.3 Å². The smallest absolute Gasteiger partial charge is 0.163 e. The highest BCUT2D eigenvalue weighted by Gasteiger charge is 2.38. The van der Waals surface area contributed by atoms with Crippen LogP contribution >= 0.6 is 22.6 Å². The van der Waals surface area contributed by atoms with E-state index in [9.17, 15) is 0 Å². The molecule has 1 N–H and O–H groups in total. The van der Waals surface area contributed by atoms with E-state index in [0.29, 0.717) is 13.2 Å². The molecule has 2 rings (SSSR count). The number of anilines is 1. The Labute approximate surface area is 140 Å². The van der Waals surface area contributed by atoms with Crippen LogP contribution in [0.25, 0.3) is 0 Å². The molecule has 1 aromatic heterocycles. The van der Waals surface area contributed by atoms with Crippen LogP contribution in [0.4, 0.5) is 5.82 Å². The number of ether oxygens (including phenoxy) is 2. The van der Waals surface area contributed by atoms with E-state index in [2.05, 4.69) is 41.8 Å². The Kier molecular flexibility index (Phi) is 6.19. The monoisotopic (exact) mass is 405 g/mol. The molecule has 0 aliphatic carbocycles. The van der Waals surface area contributed by atoms with Crippen LogP contribution in [0.15, 0.2) is 0 Å². The lowest BCUT2D eigenvalue weighted by Crippen LogP contribution is -2.38. The van der Waals surface area contributed by atoms with Crippen molar-refractivity contribution in [1.29, 1.82) is 0 Å². The van der Waals surface area contributed by atoms with Gasteiger partial charge in [0.1, 0.15) is 11.4 Å². The number of halogens is 1. The standard InChI is InChI=1S/C15H24IN3O2/c1-4-6-11-12(16)13(17-5-2)19-14(18-11)15(20-3)7-9-21-10-8-15/h4-10H2,1-3H3,(H,17,18,19). The van der Waals surface area contributed by atoms with E-state index >= 15 is 0 Å². The zero-order valence-corrected chi connectivity index (χ0v) is 15.2. The predicted molar refractivity (Wildman–Crippen MR) is 91.6 cm³/mol. The molecule has 118 valence electrons. The number of hydrogen-bond acceptors (Lipinski definition) is 5. The van der Waals surface area contributed by atoms with Gasteiger partial charge in [-0.25, -0.2) is 9.97 Å². The molecule has 1 aliphatic heterocycles. The van der Waals surface area contributed by atoms with Gasteiger partial charge in [0.25, 0.3) is 0 Å². The number of aromatic nitrogens is 2. The number of methoxy groups -OCH3 is 1. The van der Waals surface area contributed by atoms with E-state index in [0.717, 1.165) is 53.1 Å². The van der Waals surface area contributed by atoms with Gasteiger partial charge in [0.05, 0.1) is 9.26 Å². The lowest BCUT2D eigenvalue weighted by Gasteiger charge is -2.34. The maximum atomic E-state index is 5.84. The predicted octanol–water partition coefficient (Wildman–Crippen LogP) is 3.12. The van der Waals surface area contributed by atoms with Crippen molar-refractivity contribution >= 4 is 28.4 Å². The van der Waals surface area contributed by atoms with Gasteiger partial charge in [0.15, 0.2) is 5.82 Å². The van der Waals surface area contributed by atoms with Crippen molar-refractivity contribution in [3.05, 3.63) is 15.1 Å². The summed E-state index contributed by atoms with van der Waals surface area (Å²) in [4.78, 5) is 9.59. The molecule has 21 heavy (non-hydrogen) atoms. The highest BCUT2D eigenvalue weighted by atomic mass is 127. The van der Waals surface area contributed by atoms with Crippen LogP contribution in [0, 0.1) is 3.57 Å². The molecule has 2 heterocycles. The summed E-state index contributed by atoms with van der Waals surface area (Å²) >= 11 is 2.34. The lowest BCUT2D eigenvalue weighted by atomic mass is 9.93. The van der Waals surface area contributed by atoms with Crippen molar-refractivity contribution in [1.82, 2.24) is 9.97 Å². The fraction of sp³-hybridized carbons (Fsp3) is 0.733. The van der Waals surface area contributed by atoms with Gasteiger partial charge in [-0.15, -0.1) is 0 Å². The highest BCUT2D eigenvalue weighted by Crippen LogP contribution is 2.35. The number of nitrogens with one attached hydrogen (secondary N) is 1. The molecule has 1 fully saturated rings. The maximum Gasteiger partial charge on any atom is 0.163 e. The Hall–Kier alpha value is -0.470. The first-order chi connectivity index (χ1) is 10.2. The van der Waals surface area contributed by atoms with Crippen molar-refractivity contribution in [2.24, 2.45) is 0 Å². The zero-order valence-electron chi connectivity index (χ0n) is 13.0. The van der Waals surface area contributed by atoms with Crippen LogP contribution in [0.3, 0.4) is 0 Å². The summed E-state index contributed by atoms with van der Waals surface area (Å²) in [5.74, 6) is 1.72. The summed E-state index contributed by atoms with van der Waals surface area (Å²) in [6, 6.07) is 0. The highest BCUT2D eigenvalue weighted by molar-refractivity contribution is 14.1. The lowest BCUT2D eigenvalue weighted by molar-refractivity contribution is -0.100. The molecule has 1 aliphatic rings. The number of hydrogen-bond donors (Lipinski definition) is 1. The number of nitrogens with zero attached hydrogens (tertiary/aromatic N) is 2. The van der Waals surface area contributed by atoms with Gasteiger partial charge in [-0.2, -0.15) is 0 Å². The Morgan fingerprint density at radius 3 is 2.57 bits per heavy atom. The van der Waals surface area contributed by atoms with Crippen LogP contribution < -0.4 is 5.32 Å². The van der Waals surface area contributed by atoms with E-state index in [1.807, 2.05) is 0 Å². The molecule has 0 spiro atoms. The number of aryl methyl sites for hydroxylation is 1. The summed E-state index contributed by atoms with van der Waals surface area (Å²) < 4.78 is 12.4. The molecule has 1 aromatic rings. The van der Waals surface area contributed by atoms with E-state index < -0.39 is 5.60 Å². The Bertz CT molecular complexity index is 449. The molecule has 0 saturated carbocycles. The minimum Gasteiger partial charge on any atom is -0.381 e. The largest absolute Gasteiger partial charge is 0.381 e. The normalized spacial score (nSPS) is 17.7. The van der Waals surface area contributed by atoms with Gasteiger partial charge in [-0.05, 0) is 35.9 Å². The fourth-order valence-corrected chi connectivity index (χ4v) is 3.31. The van der Waals surface area contributed by atoms with E-state index in [-0.39, 0.29) is 0 Å². The molecule has 0 amide bonds. The summed E-state index contributed by atoms with van der Waals surface area (Å²) in [6.07, 6.45) is 3.64. The molecule has 0 bridgehead atoms. The molecule has 6 heteroatoms. The molecule has 0 unspecified atom stereocenters. The molecule has 5 nitrogen and oxygen atoms in total. The second kappa shape index (κ2) is 7.69. The van der Waals surface area contributed by atoms with Gasteiger partial charge in [0, 0.05) is 39.7 Å². The SMILES string of the molecule is CCCc1nc(C2(OC)CCOCC2)nc(NCC)c1I. The first-order valence-corrected chi connectivity index (χ1v) is 8.68. The second-order valence-corrected chi connectivity index (χ2v) is 6.33. The van der Waals surface area contributed by atoms with Crippen LogP contribution in [0.5, 0.6) is 0 Å². The second-order valence-electron chi connectivity index (χ2n) is 5.25. The number of rotatable bonds is 6. The van der Waals surface area contributed by atoms with E-state index in [1.54, 1.807) is 7.11 Å². The van der Waals surface area contributed by atoms with Crippen molar-refractivity contribution in [3.63, 3.8) is 0 Å². The maximum absolute atomic E-state index is 5.84. The first-order valence-electron chi connectivity index (χ1n) is 7.60. The van der Waals surface area contributed by atoms with Crippen molar-refractivity contribution in [2.45, 2.75) is 45.1 Å². The van der Waals surface area contributed by atoms with Gasteiger partial charge < -0.3 is 14.8 Å². The van der Waals surface area contributed by atoms with Crippen LogP contribution in [0.1, 0.15) is 44.6 Å². The molecule has 0 atom stereocenters. The first kappa shape index (κ1) is 16.9. The summed E-state index contributed by atoms with van der Waals surface area (Å²) in [5, 5.41) is 3.35. The zero-order chi connectivity index (χ0) is 15.3. The van der Waals surface area contributed by atoms with Gasteiger partial charge in [0.2, 0.25) is 0 Å². The average Bonchev–Trinajstić information content (AvgIpc) is 2.52. The van der Waals surface area contributed by atoms with Crippen molar-refractivity contribution in [3.8, 4) is 0 Å². The topological polar surface area (TPSA) is 56.3 Å². The molecule has 1 saturated heterocycles. The van der Waals surface area contributed by atoms with Crippen LogP contribution in [0.2, 0.25) is 0 Å². The Morgan fingerprint density at radius 2 is 2.00 bits per heavy atom.